The first-order valence-electron chi connectivity index (χ1n) is 11.1. The van der Waals surface area contributed by atoms with Crippen molar-refractivity contribution >= 4 is 29.1 Å². The highest BCUT2D eigenvalue weighted by molar-refractivity contribution is 7.07. The van der Waals surface area contributed by atoms with E-state index in [2.05, 4.69) is 0 Å². The Morgan fingerprint density at radius 3 is 2.54 bits per heavy atom. The van der Waals surface area contributed by atoms with Gasteiger partial charge < -0.3 is 9.15 Å². The molecule has 1 unspecified atom stereocenters. The summed E-state index contributed by atoms with van der Waals surface area (Å²) in [7, 11) is 0. The first-order chi connectivity index (χ1) is 17.0. The summed E-state index contributed by atoms with van der Waals surface area (Å²) in [6.07, 6.45) is 1.66. The maximum atomic E-state index is 13.8. The summed E-state index contributed by atoms with van der Waals surface area (Å²) >= 11 is 1.20. The lowest BCUT2D eigenvalue weighted by Gasteiger charge is -2.25. The van der Waals surface area contributed by atoms with E-state index in [1.807, 2.05) is 43.3 Å². The maximum Gasteiger partial charge on any atom is 0.338 e. The molecule has 1 atom stereocenters. The van der Waals surface area contributed by atoms with Crippen LogP contribution in [-0.4, -0.2) is 17.1 Å². The lowest BCUT2D eigenvalue weighted by atomic mass is 9.93. The van der Waals surface area contributed by atoms with Crippen LogP contribution < -0.4 is 14.9 Å². The van der Waals surface area contributed by atoms with Crippen LogP contribution in [0.3, 0.4) is 0 Å². The summed E-state index contributed by atoms with van der Waals surface area (Å²) in [5.41, 5.74) is 1.59. The summed E-state index contributed by atoms with van der Waals surface area (Å²) in [6, 6.07) is 17.8. The molecule has 6 nitrogen and oxygen atoms in total. The summed E-state index contributed by atoms with van der Waals surface area (Å²) < 4.78 is 26.7. The number of halogens is 1. The molecule has 5 rings (SSSR count). The highest BCUT2D eigenvalue weighted by Gasteiger charge is 2.35. The number of esters is 1. The Morgan fingerprint density at radius 2 is 1.89 bits per heavy atom. The standard InChI is InChI=1S/C27H21FN2O4S/c1-3-33-26(32)22-23(17-7-5-4-6-8-17)29-27-30(24(22)18-10-12-19(28)13-11-18)25(31)21(35-27)15-20-14-9-16(2)34-20/h4-15,24H,3H2,1-2H3/b21-15+. The molecule has 1 aliphatic heterocycles. The second kappa shape index (κ2) is 9.31. The van der Waals surface area contributed by atoms with Gasteiger partial charge in [-0.25, -0.2) is 14.2 Å². The van der Waals surface area contributed by atoms with Crippen LogP contribution in [0.4, 0.5) is 4.39 Å². The molecule has 0 amide bonds. The van der Waals surface area contributed by atoms with Crippen LogP contribution in [0.2, 0.25) is 0 Å². The Balaban J connectivity index is 1.83. The number of hydrogen-bond donors (Lipinski definition) is 0. The Morgan fingerprint density at radius 1 is 1.14 bits per heavy atom. The first kappa shape index (κ1) is 22.7. The van der Waals surface area contributed by atoms with Crippen molar-refractivity contribution in [3.05, 3.63) is 120 Å². The number of nitrogens with zero attached hydrogens (tertiary/aromatic N) is 2. The van der Waals surface area contributed by atoms with Gasteiger partial charge in [-0.3, -0.25) is 9.36 Å². The van der Waals surface area contributed by atoms with E-state index in [0.29, 0.717) is 31.9 Å². The van der Waals surface area contributed by atoms with E-state index in [1.165, 1.54) is 28.0 Å². The van der Waals surface area contributed by atoms with E-state index in [9.17, 15) is 14.0 Å². The Hall–Kier alpha value is -4.04. The van der Waals surface area contributed by atoms with Gasteiger partial charge in [0.15, 0.2) is 4.80 Å². The van der Waals surface area contributed by atoms with Gasteiger partial charge >= 0.3 is 5.97 Å². The van der Waals surface area contributed by atoms with Crippen LogP contribution in [0.1, 0.15) is 35.6 Å². The first-order valence-corrected chi connectivity index (χ1v) is 11.9. The third-order valence-electron chi connectivity index (χ3n) is 5.59. The van der Waals surface area contributed by atoms with Gasteiger partial charge in [0.2, 0.25) is 0 Å². The molecule has 2 aromatic carbocycles. The number of aromatic nitrogens is 1. The number of benzene rings is 2. The van der Waals surface area contributed by atoms with Gasteiger partial charge in [0.25, 0.3) is 5.56 Å². The predicted molar refractivity (Wildman–Crippen MR) is 131 cm³/mol. The van der Waals surface area contributed by atoms with Crippen molar-refractivity contribution in [1.29, 1.82) is 0 Å². The molecule has 0 N–H and O–H groups in total. The molecule has 176 valence electrons. The lowest BCUT2D eigenvalue weighted by Crippen LogP contribution is -2.40. The molecule has 0 fully saturated rings. The average molecular weight is 489 g/mol. The van der Waals surface area contributed by atoms with E-state index < -0.39 is 17.8 Å². The van der Waals surface area contributed by atoms with E-state index in [1.54, 1.807) is 31.2 Å². The van der Waals surface area contributed by atoms with Crippen molar-refractivity contribution < 1.29 is 18.3 Å². The molecule has 3 heterocycles. The molecule has 8 heteroatoms. The van der Waals surface area contributed by atoms with Gasteiger partial charge in [-0.2, -0.15) is 0 Å². The number of rotatable bonds is 5. The van der Waals surface area contributed by atoms with Crippen LogP contribution in [0, 0.1) is 12.7 Å². The maximum absolute atomic E-state index is 13.8. The Labute approximate surface area is 203 Å². The average Bonchev–Trinajstić information content (AvgIpc) is 3.41. The number of furan rings is 1. The van der Waals surface area contributed by atoms with Gasteiger partial charge in [0, 0.05) is 11.6 Å². The Kier molecular flexibility index (Phi) is 6.05. The van der Waals surface area contributed by atoms with E-state index in [4.69, 9.17) is 14.1 Å². The number of fused-ring (bicyclic) bond motifs is 1. The molecule has 0 radical (unpaired) electrons. The lowest BCUT2D eigenvalue weighted by molar-refractivity contribution is -0.138. The van der Waals surface area contributed by atoms with Crippen molar-refractivity contribution in [2.24, 2.45) is 4.99 Å². The van der Waals surface area contributed by atoms with Crippen LogP contribution in [0.15, 0.2) is 86.5 Å². The van der Waals surface area contributed by atoms with Crippen molar-refractivity contribution in [2.45, 2.75) is 19.9 Å². The summed E-state index contributed by atoms with van der Waals surface area (Å²) in [4.78, 5) is 32.1. The third kappa shape index (κ3) is 4.28. The normalized spacial score (nSPS) is 15.6. The SMILES string of the molecule is CCOC(=O)C1=C(c2ccccc2)N=c2s/c(=C/c3ccc(C)o3)c(=O)n2C1c1ccc(F)cc1. The van der Waals surface area contributed by atoms with Gasteiger partial charge in [-0.05, 0) is 43.7 Å². The van der Waals surface area contributed by atoms with Crippen molar-refractivity contribution in [3.8, 4) is 0 Å². The molecule has 4 aromatic rings. The zero-order valence-electron chi connectivity index (χ0n) is 19.0. The molecular formula is C27H21FN2O4S. The van der Waals surface area contributed by atoms with Crippen LogP contribution in [0.5, 0.6) is 0 Å². The minimum absolute atomic E-state index is 0.156. The molecule has 0 bridgehead atoms. The van der Waals surface area contributed by atoms with Crippen molar-refractivity contribution in [1.82, 2.24) is 4.57 Å². The monoisotopic (exact) mass is 488 g/mol. The fourth-order valence-electron chi connectivity index (χ4n) is 4.06. The minimum atomic E-state index is -0.846. The van der Waals surface area contributed by atoms with Crippen molar-refractivity contribution in [3.63, 3.8) is 0 Å². The van der Waals surface area contributed by atoms with Crippen LogP contribution in [0.25, 0.3) is 11.8 Å². The molecule has 0 saturated carbocycles. The molecule has 2 aromatic heterocycles. The topological polar surface area (TPSA) is 73.8 Å². The second-order valence-corrected chi connectivity index (χ2v) is 8.94. The van der Waals surface area contributed by atoms with E-state index in [0.717, 1.165) is 5.76 Å². The summed E-state index contributed by atoms with van der Waals surface area (Å²) in [5, 5.41) is 0. The molecule has 0 saturated heterocycles. The highest BCUT2D eigenvalue weighted by atomic mass is 32.1. The summed E-state index contributed by atoms with van der Waals surface area (Å²) in [6.45, 7) is 3.70. The Bertz CT molecular complexity index is 1610. The number of aryl methyl sites for hydroxylation is 1. The smallest absolute Gasteiger partial charge is 0.338 e. The largest absolute Gasteiger partial charge is 0.463 e. The van der Waals surface area contributed by atoms with Gasteiger partial charge in [-0.1, -0.05) is 53.8 Å². The molecule has 1 aliphatic rings. The summed E-state index contributed by atoms with van der Waals surface area (Å²) in [5.74, 6) is 0.267. The number of thiazole rings is 1. The zero-order valence-corrected chi connectivity index (χ0v) is 19.8. The quantitative estimate of drug-likeness (QED) is 0.399. The third-order valence-corrected chi connectivity index (χ3v) is 6.58. The second-order valence-electron chi connectivity index (χ2n) is 7.93. The number of carbonyl (C=O) groups excluding carboxylic acids is 1. The fourth-order valence-corrected chi connectivity index (χ4v) is 5.04. The van der Waals surface area contributed by atoms with Crippen LogP contribution in [-0.2, 0) is 9.53 Å². The molecule has 35 heavy (non-hydrogen) atoms. The molecule has 0 aliphatic carbocycles. The predicted octanol–water partition coefficient (Wildman–Crippen LogP) is 3.98. The van der Waals surface area contributed by atoms with E-state index >= 15 is 0 Å². The number of carbonyl (C=O) groups is 1. The minimum Gasteiger partial charge on any atom is -0.463 e. The van der Waals surface area contributed by atoms with E-state index in [-0.39, 0.29) is 17.7 Å². The highest BCUT2D eigenvalue weighted by Crippen LogP contribution is 2.35. The number of ether oxygens (including phenoxy) is 1. The fraction of sp³-hybridized carbons (Fsp3) is 0.148. The van der Waals surface area contributed by atoms with Gasteiger partial charge in [0.1, 0.15) is 17.3 Å². The molecular weight excluding hydrogens is 467 g/mol. The zero-order chi connectivity index (χ0) is 24.5. The number of hydrogen-bond acceptors (Lipinski definition) is 6. The molecule has 0 spiro atoms. The van der Waals surface area contributed by atoms with Gasteiger partial charge in [-0.15, -0.1) is 0 Å². The van der Waals surface area contributed by atoms with Crippen LogP contribution >= 0.6 is 11.3 Å². The van der Waals surface area contributed by atoms with Crippen molar-refractivity contribution in [2.75, 3.05) is 6.61 Å². The van der Waals surface area contributed by atoms with Gasteiger partial charge in [0.05, 0.1) is 28.5 Å².